The summed E-state index contributed by atoms with van der Waals surface area (Å²) in [5, 5.41) is 5.86. The van der Waals surface area contributed by atoms with Gasteiger partial charge in [-0.1, -0.05) is 36.4 Å². The normalized spacial score (nSPS) is 12.0. The number of nitrogens with one attached hydrogen (secondary N) is 1. The average Bonchev–Trinajstić information content (AvgIpc) is 3.18. The highest BCUT2D eigenvalue weighted by Crippen LogP contribution is 2.33. The molecular formula is C19H20ClN3OS. The zero-order valence-corrected chi connectivity index (χ0v) is 15.8. The van der Waals surface area contributed by atoms with Crippen molar-refractivity contribution in [3.63, 3.8) is 0 Å². The molecule has 3 heterocycles. The standard InChI is InChI=1S/C19H20ClN3OS/c1-3-4-7-14-16(9-12(2)21)24-19-15(10-17(20)23-18(14)19)22-11-13-6-5-8-25-13/h5-6,8,10,12H,3,9,11,21H2,1-2H3,(H,22,23)/t12-/m0/s1. The molecule has 0 saturated carbocycles. The van der Waals surface area contributed by atoms with Crippen LogP contribution in [0, 0.1) is 11.8 Å². The molecule has 0 amide bonds. The summed E-state index contributed by atoms with van der Waals surface area (Å²) in [4.78, 5) is 5.68. The number of rotatable bonds is 5. The minimum atomic E-state index is -0.0271. The summed E-state index contributed by atoms with van der Waals surface area (Å²) in [6.45, 7) is 4.65. The van der Waals surface area contributed by atoms with Crippen LogP contribution >= 0.6 is 22.9 Å². The first-order valence-corrected chi connectivity index (χ1v) is 9.46. The van der Waals surface area contributed by atoms with E-state index in [1.807, 2.05) is 19.9 Å². The predicted molar refractivity (Wildman–Crippen MR) is 105 cm³/mol. The number of aromatic nitrogens is 1. The van der Waals surface area contributed by atoms with Crippen LogP contribution in [0.5, 0.6) is 0 Å². The lowest BCUT2D eigenvalue weighted by atomic mass is 10.1. The van der Waals surface area contributed by atoms with Crippen molar-refractivity contribution in [2.24, 2.45) is 5.73 Å². The Kier molecular flexibility index (Phi) is 5.64. The van der Waals surface area contributed by atoms with Crippen molar-refractivity contribution in [3.8, 4) is 11.8 Å². The van der Waals surface area contributed by atoms with Crippen molar-refractivity contribution < 1.29 is 4.42 Å². The molecule has 3 N–H and O–H groups in total. The van der Waals surface area contributed by atoms with Crippen molar-refractivity contribution >= 4 is 39.7 Å². The number of nitrogens with zero attached hydrogens (tertiary/aromatic N) is 1. The van der Waals surface area contributed by atoms with E-state index in [0.29, 0.717) is 29.2 Å². The monoisotopic (exact) mass is 373 g/mol. The minimum Gasteiger partial charge on any atom is -0.456 e. The van der Waals surface area contributed by atoms with E-state index in [4.69, 9.17) is 21.8 Å². The maximum Gasteiger partial charge on any atom is 0.177 e. The van der Waals surface area contributed by atoms with Gasteiger partial charge in [0, 0.05) is 36.4 Å². The van der Waals surface area contributed by atoms with Crippen LogP contribution < -0.4 is 11.1 Å². The van der Waals surface area contributed by atoms with Crippen LogP contribution in [-0.2, 0) is 13.0 Å². The van der Waals surface area contributed by atoms with Gasteiger partial charge in [0.15, 0.2) is 5.58 Å². The van der Waals surface area contributed by atoms with Crippen LogP contribution in [0.25, 0.3) is 11.1 Å². The van der Waals surface area contributed by atoms with Crippen LogP contribution in [0.3, 0.4) is 0 Å². The van der Waals surface area contributed by atoms with Crippen LogP contribution in [0.15, 0.2) is 28.0 Å². The van der Waals surface area contributed by atoms with E-state index in [1.54, 1.807) is 17.4 Å². The van der Waals surface area contributed by atoms with Crippen molar-refractivity contribution in [1.29, 1.82) is 0 Å². The Morgan fingerprint density at radius 2 is 2.32 bits per heavy atom. The summed E-state index contributed by atoms with van der Waals surface area (Å²) < 4.78 is 6.10. The lowest BCUT2D eigenvalue weighted by molar-refractivity contribution is 0.524. The molecule has 0 aliphatic carbocycles. The van der Waals surface area contributed by atoms with E-state index < -0.39 is 0 Å². The molecule has 3 rings (SSSR count). The third-order valence-corrected chi connectivity index (χ3v) is 4.68. The summed E-state index contributed by atoms with van der Waals surface area (Å²) in [6.07, 6.45) is 1.36. The summed E-state index contributed by atoms with van der Waals surface area (Å²) in [6, 6.07) is 5.87. The number of nitrogens with two attached hydrogens (primary N) is 1. The van der Waals surface area contributed by atoms with Gasteiger partial charge in [0.25, 0.3) is 0 Å². The van der Waals surface area contributed by atoms with Crippen LogP contribution in [0.4, 0.5) is 5.69 Å². The molecule has 25 heavy (non-hydrogen) atoms. The Morgan fingerprint density at radius 3 is 3.00 bits per heavy atom. The topological polar surface area (TPSA) is 64.1 Å². The Balaban J connectivity index is 2.06. The van der Waals surface area contributed by atoms with Gasteiger partial charge in [-0.05, 0) is 18.4 Å². The molecule has 0 saturated heterocycles. The SMILES string of the molecule is CCC#Cc1c(C[C@H](C)N)oc2c(NCc3cccs3)cc(Cl)nc12. The zero-order chi connectivity index (χ0) is 17.8. The first-order chi connectivity index (χ1) is 12.1. The quantitative estimate of drug-likeness (QED) is 0.497. The maximum absolute atomic E-state index is 6.24. The first-order valence-electron chi connectivity index (χ1n) is 8.21. The predicted octanol–water partition coefficient (Wildman–Crippen LogP) is 4.81. The van der Waals surface area contributed by atoms with Crippen molar-refractivity contribution in [3.05, 3.63) is 44.9 Å². The van der Waals surface area contributed by atoms with Gasteiger partial charge in [-0.2, -0.15) is 0 Å². The number of halogens is 1. The number of furan rings is 1. The molecule has 130 valence electrons. The second kappa shape index (κ2) is 7.92. The van der Waals surface area contributed by atoms with Gasteiger partial charge in [0.2, 0.25) is 0 Å². The van der Waals surface area contributed by atoms with Crippen molar-refractivity contribution in [2.45, 2.75) is 39.3 Å². The van der Waals surface area contributed by atoms with E-state index in [-0.39, 0.29) is 6.04 Å². The van der Waals surface area contributed by atoms with E-state index in [0.717, 1.165) is 23.4 Å². The minimum absolute atomic E-state index is 0.0271. The van der Waals surface area contributed by atoms with Gasteiger partial charge in [-0.15, -0.1) is 11.3 Å². The molecule has 0 aliphatic rings. The second-order valence-corrected chi connectivity index (χ2v) is 7.26. The molecular weight excluding hydrogens is 354 g/mol. The molecule has 0 unspecified atom stereocenters. The molecule has 0 aliphatic heterocycles. The van der Waals surface area contributed by atoms with E-state index >= 15 is 0 Å². The van der Waals surface area contributed by atoms with Gasteiger partial charge in [-0.3, -0.25) is 0 Å². The summed E-state index contributed by atoms with van der Waals surface area (Å²) in [5.41, 5.74) is 8.94. The van der Waals surface area contributed by atoms with Gasteiger partial charge >= 0.3 is 0 Å². The first kappa shape index (κ1) is 17.8. The largest absolute Gasteiger partial charge is 0.456 e. The highest BCUT2D eigenvalue weighted by molar-refractivity contribution is 7.09. The number of fused-ring (bicyclic) bond motifs is 1. The smallest absolute Gasteiger partial charge is 0.177 e. The molecule has 4 nitrogen and oxygen atoms in total. The fourth-order valence-corrected chi connectivity index (χ4v) is 3.39. The van der Waals surface area contributed by atoms with Crippen molar-refractivity contribution in [2.75, 3.05) is 5.32 Å². The molecule has 0 radical (unpaired) electrons. The molecule has 0 fully saturated rings. The molecule has 6 heteroatoms. The summed E-state index contributed by atoms with van der Waals surface area (Å²) in [5.74, 6) is 7.03. The van der Waals surface area contributed by atoms with Gasteiger partial charge in [0.1, 0.15) is 16.4 Å². The van der Waals surface area contributed by atoms with Gasteiger partial charge in [0.05, 0.1) is 11.3 Å². The number of hydrogen-bond donors (Lipinski definition) is 2. The van der Waals surface area contributed by atoms with Crippen molar-refractivity contribution in [1.82, 2.24) is 4.98 Å². The van der Waals surface area contributed by atoms with E-state index in [2.05, 4.69) is 33.6 Å². The molecule has 0 aromatic carbocycles. The number of hydrogen-bond acceptors (Lipinski definition) is 5. The Morgan fingerprint density at radius 1 is 1.48 bits per heavy atom. The number of pyridine rings is 1. The molecule has 3 aromatic heterocycles. The zero-order valence-electron chi connectivity index (χ0n) is 14.2. The Bertz CT molecular complexity index is 920. The van der Waals surface area contributed by atoms with E-state index in [9.17, 15) is 0 Å². The lowest BCUT2D eigenvalue weighted by Crippen LogP contribution is -2.17. The third kappa shape index (κ3) is 4.16. The Hall–Kier alpha value is -2.00. The number of anilines is 1. The van der Waals surface area contributed by atoms with E-state index in [1.165, 1.54) is 4.88 Å². The lowest BCUT2D eigenvalue weighted by Gasteiger charge is -2.06. The molecule has 1 atom stereocenters. The highest BCUT2D eigenvalue weighted by Gasteiger charge is 2.19. The fourth-order valence-electron chi connectivity index (χ4n) is 2.55. The molecule has 3 aromatic rings. The van der Waals surface area contributed by atoms with Crippen LogP contribution in [0.2, 0.25) is 5.15 Å². The third-order valence-electron chi connectivity index (χ3n) is 3.61. The van der Waals surface area contributed by atoms with Gasteiger partial charge in [-0.25, -0.2) is 4.98 Å². The van der Waals surface area contributed by atoms with Crippen LogP contribution in [0.1, 0.15) is 36.5 Å². The molecule has 0 bridgehead atoms. The summed E-state index contributed by atoms with van der Waals surface area (Å²) in [7, 11) is 0. The second-order valence-electron chi connectivity index (χ2n) is 5.84. The maximum atomic E-state index is 6.24. The highest BCUT2D eigenvalue weighted by atomic mass is 35.5. The van der Waals surface area contributed by atoms with Gasteiger partial charge < -0.3 is 15.5 Å². The van der Waals surface area contributed by atoms with Crippen LogP contribution in [-0.4, -0.2) is 11.0 Å². The number of thiophene rings is 1. The fraction of sp³-hybridized carbons (Fsp3) is 0.316. The Labute approximate surface area is 156 Å². The summed E-state index contributed by atoms with van der Waals surface area (Å²) >= 11 is 7.94. The average molecular weight is 374 g/mol. The molecule has 0 spiro atoms.